The molecule has 78 valence electrons. The third-order valence-corrected chi connectivity index (χ3v) is 2.82. The molecule has 1 aromatic rings. The largest absolute Gasteiger partial charge is 0.274 e. The minimum atomic E-state index is -0.162. The lowest BCUT2D eigenvalue weighted by molar-refractivity contribution is -0.129. The van der Waals surface area contributed by atoms with Gasteiger partial charge in [-0.3, -0.25) is 14.5 Å². The topological polar surface area (TPSA) is 37.4 Å². The van der Waals surface area contributed by atoms with Crippen LogP contribution in [0.15, 0.2) is 24.3 Å². The highest BCUT2D eigenvalue weighted by atomic mass is 16.2. The molecule has 0 fully saturated rings. The van der Waals surface area contributed by atoms with Gasteiger partial charge in [0.2, 0.25) is 5.91 Å². The van der Waals surface area contributed by atoms with Crippen LogP contribution in [0.5, 0.6) is 0 Å². The van der Waals surface area contributed by atoms with E-state index in [2.05, 4.69) is 0 Å². The molecule has 1 unspecified atom stereocenters. The molecule has 2 amide bonds. The summed E-state index contributed by atoms with van der Waals surface area (Å²) in [7, 11) is 0. The molecule has 1 aromatic carbocycles. The number of imide groups is 1. The summed E-state index contributed by atoms with van der Waals surface area (Å²) in [5.74, 6) is -0.270. The molecule has 3 heteroatoms. The van der Waals surface area contributed by atoms with Crippen LogP contribution >= 0.6 is 0 Å². The number of rotatable bonds is 1. The number of hydrogen-bond acceptors (Lipinski definition) is 2. The maximum absolute atomic E-state index is 11.9. The molecule has 1 aliphatic rings. The minimum Gasteiger partial charge on any atom is -0.274 e. The zero-order valence-corrected chi connectivity index (χ0v) is 8.86. The van der Waals surface area contributed by atoms with Gasteiger partial charge in [-0.15, -0.1) is 0 Å². The van der Waals surface area contributed by atoms with Gasteiger partial charge < -0.3 is 0 Å². The molecule has 0 N–H and O–H groups in total. The second-order valence-electron chi connectivity index (χ2n) is 3.69. The zero-order chi connectivity index (χ0) is 11.0. The first-order valence-corrected chi connectivity index (χ1v) is 5.12. The van der Waals surface area contributed by atoms with Gasteiger partial charge in [0.1, 0.15) is 0 Å². The van der Waals surface area contributed by atoms with Crippen LogP contribution in [-0.4, -0.2) is 16.7 Å². The Morgan fingerprint density at radius 1 is 1.40 bits per heavy atom. The van der Waals surface area contributed by atoms with Gasteiger partial charge in [-0.2, -0.15) is 0 Å². The van der Waals surface area contributed by atoms with E-state index in [1.54, 1.807) is 13.0 Å². The maximum atomic E-state index is 11.9. The molecule has 1 aliphatic heterocycles. The van der Waals surface area contributed by atoms with E-state index in [9.17, 15) is 9.59 Å². The highest BCUT2D eigenvalue weighted by Crippen LogP contribution is 2.33. The van der Waals surface area contributed by atoms with Crippen LogP contribution in [0, 0.1) is 0 Å². The first-order valence-electron chi connectivity index (χ1n) is 5.12. The summed E-state index contributed by atoms with van der Waals surface area (Å²) in [6.07, 6.45) is 0.365. The van der Waals surface area contributed by atoms with E-state index >= 15 is 0 Å². The van der Waals surface area contributed by atoms with Crippen molar-refractivity contribution in [2.75, 3.05) is 0 Å². The van der Waals surface area contributed by atoms with E-state index in [1.807, 2.05) is 25.1 Å². The Kier molecular flexibility index (Phi) is 2.31. The first kappa shape index (κ1) is 9.90. The Hall–Kier alpha value is -1.64. The predicted molar refractivity (Wildman–Crippen MR) is 56.3 cm³/mol. The molecule has 15 heavy (non-hydrogen) atoms. The molecule has 0 spiro atoms. The summed E-state index contributed by atoms with van der Waals surface area (Å²) in [5.41, 5.74) is 1.61. The normalized spacial score (nSPS) is 19.2. The molecule has 2 rings (SSSR count). The fourth-order valence-corrected chi connectivity index (χ4v) is 2.00. The van der Waals surface area contributed by atoms with Gasteiger partial charge in [-0.1, -0.05) is 25.1 Å². The molecule has 0 saturated heterocycles. The third-order valence-electron chi connectivity index (χ3n) is 2.82. The molecule has 0 aliphatic carbocycles. The maximum Gasteiger partial charge on any atom is 0.261 e. The predicted octanol–water partition coefficient (Wildman–Crippen LogP) is 2.14. The average Bonchev–Trinajstić information content (AvgIpc) is 2.52. The van der Waals surface area contributed by atoms with Gasteiger partial charge in [0.15, 0.2) is 0 Å². The van der Waals surface area contributed by atoms with E-state index in [1.165, 1.54) is 4.90 Å². The highest BCUT2D eigenvalue weighted by Gasteiger charge is 2.36. The van der Waals surface area contributed by atoms with Crippen LogP contribution in [0.4, 0.5) is 0 Å². The Bertz CT molecular complexity index is 425. The summed E-state index contributed by atoms with van der Waals surface area (Å²) < 4.78 is 0. The Balaban J connectivity index is 2.45. The number of carbonyl (C=O) groups is 2. The summed E-state index contributed by atoms with van der Waals surface area (Å²) in [5, 5.41) is 0. The second kappa shape index (κ2) is 3.50. The Morgan fingerprint density at radius 3 is 2.67 bits per heavy atom. The van der Waals surface area contributed by atoms with Gasteiger partial charge in [-0.05, 0) is 18.6 Å². The lowest BCUT2D eigenvalue weighted by Crippen LogP contribution is -2.32. The summed E-state index contributed by atoms with van der Waals surface area (Å²) in [6.45, 7) is 3.66. The lowest BCUT2D eigenvalue weighted by atomic mass is 10.1. The third kappa shape index (κ3) is 1.35. The molecule has 1 atom stereocenters. The highest BCUT2D eigenvalue weighted by molar-refractivity contribution is 6.08. The molecular weight excluding hydrogens is 190 g/mol. The Labute approximate surface area is 88.7 Å². The standard InChI is InChI=1S/C12H13NO2/c1-3-11(14)13-8(2)9-6-4-5-7-10(9)12(13)15/h4-8H,3H2,1-2H3. The molecule has 0 radical (unpaired) electrons. The smallest absolute Gasteiger partial charge is 0.261 e. The van der Waals surface area contributed by atoms with Crippen LogP contribution in [0.1, 0.15) is 42.2 Å². The lowest BCUT2D eigenvalue weighted by Gasteiger charge is -2.18. The van der Waals surface area contributed by atoms with Crippen LogP contribution in [0.2, 0.25) is 0 Å². The molecule has 0 aromatic heterocycles. The van der Waals surface area contributed by atoms with E-state index in [4.69, 9.17) is 0 Å². The van der Waals surface area contributed by atoms with Crippen molar-refractivity contribution in [2.45, 2.75) is 26.3 Å². The van der Waals surface area contributed by atoms with Crippen molar-refractivity contribution in [1.82, 2.24) is 4.90 Å². The molecule has 0 bridgehead atoms. The van der Waals surface area contributed by atoms with Crippen molar-refractivity contribution >= 4 is 11.8 Å². The van der Waals surface area contributed by atoms with Crippen molar-refractivity contribution in [3.05, 3.63) is 35.4 Å². The number of nitrogens with zero attached hydrogens (tertiary/aromatic N) is 1. The SMILES string of the molecule is CCC(=O)N1C(=O)c2ccccc2C1C. The number of fused-ring (bicyclic) bond motifs is 1. The van der Waals surface area contributed by atoms with Gasteiger partial charge >= 0.3 is 0 Å². The molecular formula is C12H13NO2. The van der Waals surface area contributed by atoms with Crippen molar-refractivity contribution < 1.29 is 9.59 Å². The number of hydrogen-bond donors (Lipinski definition) is 0. The minimum absolute atomic E-state index is 0.108. The van der Waals surface area contributed by atoms with Crippen LogP contribution in [0.25, 0.3) is 0 Å². The van der Waals surface area contributed by atoms with Crippen molar-refractivity contribution in [3.63, 3.8) is 0 Å². The number of amides is 2. The number of benzene rings is 1. The van der Waals surface area contributed by atoms with Crippen LogP contribution in [0.3, 0.4) is 0 Å². The van der Waals surface area contributed by atoms with E-state index in [0.717, 1.165) is 5.56 Å². The van der Waals surface area contributed by atoms with Gasteiger partial charge in [-0.25, -0.2) is 0 Å². The first-order chi connectivity index (χ1) is 7.16. The van der Waals surface area contributed by atoms with Crippen molar-refractivity contribution in [2.24, 2.45) is 0 Å². The monoisotopic (exact) mass is 203 g/mol. The summed E-state index contributed by atoms with van der Waals surface area (Å²) in [4.78, 5) is 24.9. The fourth-order valence-electron chi connectivity index (χ4n) is 2.00. The second-order valence-corrected chi connectivity index (χ2v) is 3.69. The quantitative estimate of drug-likeness (QED) is 0.701. The molecule has 1 heterocycles. The fraction of sp³-hybridized carbons (Fsp3) is 0.333. The number of carbonyl (C=O) groups excluding carboxylic acids is 2. The van der Waals surface area contributed by atoms with Crippen molar-refractivity contribution in [3.8, 4) is 0 Å². The van der Waals surface area contributed by atoms with Gasteiger partial charge in [0.25, 0.3) is 5.91 Å². The summed E-state index contributed by atoms with van der Waals surface area (Å²) in [6, 6.07) is 7.27. The Morgan fingerprint density at radius 2 is 2.07 bits per heavy atom. The molecule has 3 nitrogen and oxygen atoms in total. The average molecular weight is 203 g/mol. The van der Waals surface area contributed by atoms with E-state index in [-0.39, 0.29) is 17.9 Å². The van der Waals surface area contributed by atoms with E-state index in [0.29, 0.717) is 12.0 Å². The van der Waals surface area contributed by atoms with Gasteiger partial charge in [0.05, 0.1) is 6.04 Å². The zero-order valence-electron chi connectivity index (χ0n) is 8.86. The molecule has 0 saturated carbocycles. The van der Waals surface area contributed by atoms with Crippen LogP contribution < -0.4 is 0 Å². The van der Waals surface area contributed by atoms with Crippen molar-refractivity contribution in [1.29, 1.82) is 0 Å². The van der Waals surface area contributed by atoms with E-state index < -0.39 is 0 Å². The van der Waals surface area contributed by atoms with Gasteiger partial charge in [0, 0.05) is 12.0 Å². The summed E-state index contributed by atoms with van der Waals surface area (Å²) >= 11 is 0. The van der Waals surface area contributed by atoms with Crippen LogP contribution in [-0.2, 0) is 4.79 Å².